The Balaban J connectivity index is 4.05. The van der Waals surface area contributed by atoms with Gasteiger partial charge in [0.25, 0.3) is 0 Å². The van der Waals surface area contributed by atoms with Crippen molar-refractivity contribution in [2.75, 3.05) is 13.2 Å². The lowest BCUT2D eigenvalue weighted by molar-refractivity contribution is -0.150. The first-order valence-corrected chi connectivity index (χ1v) is 17.5. The maximum Gasteiger partial charge on any atom is 0.328 e. The molecule has 2 amide bonds. The lowest BCUT2D eigenvalue weighted by Crippen LogP contribution is -2.47. The van der Waals surface area contributed by atoms with E-state index < -0.39 is 24.5 Å². The normalized spacial score (nSPS) is 13.1. The second kappa shape index (κ2) is 31.8. The van der Waals surface area contributed by atoms with Crippen molar-refractivity contribution in [3.8, 4) is 0 Å². The Morgan fingerprint density at radius 3 is 1.85 bits per heavy atom. The monoisotopic (exact) mass is 646 g/mol. The van der Waals surface area contributed by atoms with Crippen molar-refractivity contribution in [1.82, 2.24) is 10.6 Å². The second-order valence-electron chi connectivity index (χ2n) is 11.6. The average Bonchev–Trinajstić information content (AvgIpc) is 3.03. The van der Waals surface area contributed by atoms with Gasteiger partial charge in [-0.1, -0.05) is 94.6 Å². The third-order valence-electron chi connectivity index (χ3n) is 7.34. The van der Waals surface area contributed by atoms with Gasteiger partial charge in [0.1, 0.15) is 12.1 Å². The summed E-state index contributed by atoms with van der Waals surface area (Å²) in [5, 5.41) is 22.4. The highest BCUT2D eigenvalue weighted by molar-refractivity contribution is 5.87. The number of nitrogens with one attached hydrogen (secondary N) is 2. The summed E-state index contributed by atoms with van der Waals surface area (Å²) >= 11 is 0. The molecule has 2 atom stereocenters. The van der Waals surface area contributed by atoms with Crippen LogP contribution in [0.1, 0.15) is 136 Å². The lowest BCUT2D eigenvalue weighted by Gasteiger charge is -2.18. The van der Waals surface area contributed by atoms with Gasteiger partial charge in [-0.15, -0.1) is 0 Å². The molecule has 0 aromatic heterocycles. The van der Waals surface area contributed by atoms with Crippen LogP contribution in [0.2, 0.25) is 0 Å². The summed E-state index contributed by atoms with van der Waals surface area (Å²) < 4.78 is 5.83. The predicted octanol–water partition coefficient (Wildman–Crippen LogP) is 7.25. The molecule has 0 aromatic rings. The minimum absolute atomic E-state index is 0.0940. The molecule has 4 N–H and O–H groups in total. The van der Waals surface area contributed by atoms with Crippen LogP contribution >= 0.6 is 0 Å². The zero-order valence-electron chi connectivity index (χ0n) is 28.6. The van der Waals surface area contributed by atoms with Crippen molar-refractivity contribution in [2.45, 2.75) is 148 Å². The number of rotatable bonds is 30. The number of carboxylic acids is 1. The Kier molecular flexibility index (Phi) is 29.6. The van der Waals surface area contributed by atoms with E-state index in [2.05, 4.69) is 73.1 Å². The van der Waals surface area contributed by atoms with Gasteiger partial charge >= 0.3 is 11.9 Å². The molecule has 0 fully saturated rings. The van der Waals surface area contributed by atoms with E-state index in [9.17, 15) is 19.2 Å². The highest BCUT2D eigenvalue weighted by Gasteiger charge is 2.19. The van der Waals surface area contributed by atoms with Crippen molar-refractivity contribution in [1.29, 1.82) is 0 Å². The van der Waals surface area contributed by atoms with E-state index in [4.69, 9.17) is 14.9 Å². The molecule has 262 valence electrons. The number of esters is 1. The Bertz CT molecular complexity index is 927. The molecule has 9 nitrogen and oxygen atoms in total. The van der Waals surface area contributed by atoms with Crippen LogP contribution in [-0.4, -0.2) is 59.3 Å². The SMILES string of the molecule is CC/C=C\C/C=C\C/C=C\C/C=C\CCCCCCC(=O)OC(CCCCC)CCCCCC(=O)NCC(=O)NC(CO)C(=O)O. The maximum absolute atomic E-state index is 12.5. The summed E-state index contributed by atoms with van der Waals surface area (Å²) in [7, 11) is 0. The van der Waals surface area contributed by atoms with Crippen molar-refractivity contribution < 1.29 is 34.1 Å². The Hall–Kier alpha value is -3.20. The molecule has 0 aliphatic carbocycles. The predicted molar refractivity (Wildman–Crippen MR) is 185 cm³/mol. The van der Waals surface area contributed by atoms with E-state index >= 15 is 0 Å². The molecule has 0 aromatic carbocycles. The van der Waals surface area contributed by atoms with Gasteiger partial charge in [0.2, 0.25) is 11.8 Å². The largest absolute Gasteiger partial charge is 0.480 e. The van der Waals surface area contributed by atoms with Crippen LogP contribution in [-0.2, 0) is 23.9 Å². The van der Waals surface area contributed by atoms with Crippen LogP contribution in [0.3, 0.4) is 0 Å². The van der Waals surface area contributed by atoms with Gasteiger partial charge < -0.3 is 25.6 Å². The second-order valence-corrected chi connectivity index (χ2v) is 11.6. The van der Waals surface area contributed by atoms with E-state index in [1.807, 2.05) is 0 Å². The van der Waals surface area contributed by atoms with Gasteiger partial charge in [0.15, 0.2) is 0 Å². The number of aliphatic carboxylic acids is 1. The van der Waals surface area contributed by atoms with Crippen LogP contribution in [0.4, 0.5) is 0 Å². The van der Waals surface area contributed by atoms with Crippen molar-refractivity contribution in [3.05, 3.63) is 48.6 Å². The summed E-state index contributed by atoms with van der Waals surface area (Å²) in [6.07, 6.45) is 34.6. The van der Waals surface area contributed by atoms with E-state index in [0.29, 0.717) is 12.8 Å². The fraction of sp³-hybridized carbons (Fsp3) is 0.676. The van der Waals surface area contributed by atoms with E-state index in [1.165, 1.54) is 0 Å². The first-order valence-electron chi connectivity index (χ1n) is 17.5. The fourth-order valence-electron chi connectivity index (χ4n) is 4.64. The molecule has 0 radical (unpaired) electrons. The van der Waals surface area contributed by atoms with Crippen molar-refractivity contribution in [2.24, 2.45) is 0 Å². The van der Waals surface area contributed by atoms with Crippen LogP contribution in [0.5, 0.6) is 0 Å². The van der Waals surface area contributed by atoms with Crippen LogP contribution < -0.4 is 10.6 Å². The molecule has 0 bridgehead atoms. The number of hydrogen-bond acceptors (Lipinski definition) is 6. The summed E-state index contributed by atoms with van der Waals surface area (Å²) in [5.41, 5.74) is 0. The first kappa shape index (κ1) is 42.8. The average molecular weight is 647 g/mol. The molecule has 0 spiro atoms. The lowest BCUT2D eigenvalue weighted by atomic mass is 10.0. The van der Waals surface area contributed by atoms with Crippen LogP contribution in [0.15, 0.2) is 48.6 Å². The number of carbonyl (C=O) groups excluding carboxylic acids is 3. The molecule has 0 aliphatic rings. The fourth-order valence-corrected chi connectivity index (χ4v) is 4.64. The molecular weight excluding hydrogens is 584 g/mol. The smallest absolute Gasteiger partial charge is 0.328 e. The summed E-state index contributed by atoms with van der Waals surface area (Å²) in [5.74, 6) is -2.43. The van der Waals surface area contributed by atoms with Gasteiger partial charge in [0.05, 0.1) is 13.2 Å². The molecule has 0 rings (SSSR count). The molecule has 9 heteroatoms. The molecule has 0 saturated heterocycles. The quantitative estimate of drug-likeness (QED) is 0.0366. The summed E-state index contributed by atoms with van der Waals surface area (Å²) in [6, 6.07) is -1.39. The number of unbranched alkanes of at least 4 members (excludes halogenated alkanes) is 8. The van der Waals surface area contributed by atoms with Crippen LogP contribution in [0.25, 0.3) is 0 Å². The zero-order valence-corrected chi connectivity index (χ0v) is 28.6. The zero-order chi connectivity index (χ0) is 34.1. The number of ether oxygens (including phenoxy) is 1. The summed E-state index contributed by atoms with van der Waals surface area (Å²) in [6.45, 7) is 3.22. The van der Waals surface area contributed by atoms with E-state index in [0.717, 1.165) is 103 Å². The minimum Gasteiger partial charge on any atom is -0.480 e. The van der Waals surface area contributed by atoms with Gasteiger partial charge in [-0.25, -0.2) is 4.79 Å². The Morgan fingerprint density at radius 1 is 0.674 bits per heavy atom. The number of amides is 2. The molecule has 2 unspecified atom stereocenters. The third-order valence-corrected chi connectivity index (χ3v) is 7.34. The molecule has 0 heterocycles. The van der Waals surface area contributed by atoms with E-state index in [-0.39, 0.29) is 30.9 Å². The minimum atomic E-state index is -1.39. The van der Waals surface area contributed by atoms with Gasteiger partial charge in [-0.3, -0.25) is 14.4 Å². The third kappa shape index (κ3) is 28.3. The number of aliphatic hydroxyl groups excluding tert-OH is 1. The standard InChI is InChI=1S/C37H62N2O7/c1-3-5-7-8-9-10-11-12-13-14-15-16-17-18-19-20-25-29-36(43)46-32(26-22-6-4-2)27-23-21-24-28-34(41)38-30-35(42)39-33(31-40)37(44)45/h5,7,9-10,12-13,15-16,32-33,40H,3-4,6,8,11,14,17-31H2,1-2H3,(H,38,41)(H,39,42)(H,44,45)/b7-5-,10-9-,13-12-,16-15-. The van der Waals surface area contributed by atoms with Crippen molar-refractivity contribution in [3.63, 3.8) is 0 Å². The Morgan fingerprint density at radius 2 is 1.24 bits per heavy atom. The highest BCUT2D eigenvalue weighted by Crippen LogP contribution is 2.17. The number of carbonyl (C=O) groups is 4. The number of carboxylic acid groups (broad SMARTS) is 1. The number of allylic oxidation sites excluding steroid dienone is 8. The molecule has 46 heavy (non-hydrogen) atoms. The maximum atomic E-state index is 12.5. The van der Waals surface area contributed by atoms with Gasteiger partial charge in [0, 0.05) is 12.8 Å². The molecular formula is C37H62N2O7. The first-order chi connectivity index (χ1) is 22.3. The number of aliphatic hydroxyl groups is 1. The molecule has 0 aliphatic heterocycles. The Labute approximate surface area is 278 Å². The topological polar surface area (TPSA) is 142 Å². The van der Waals surface area contributed by atoms with Crippen LogP contribution in [0, 0.1) is 0 Å². The van der Waals surface area contributed by atoms with Gasteiger partial charge in [-0.05, 0) is 77.0 Å². The van der Waals surface area contributed by atoms with Crippen molar-refractivity contribution >= 4 is 23.8 Å². The molecule has 0 saturated carbocycles. The number of hydrogen-bond donors (Lipinski definition) is 4. The summed E-state index contributed by atoms with van der Waals surface area (Å²) in [4.78, 5) is 47.1. The highest BCUT2D eigenvalue weighted by atomic mass is 16.5. The van der Waals surface area contributed by atoms with Gasteiger partial charge in [-0.2, -0.15) is 0 Å². The van der Waals surface area contributed by atoms with E-state index in [1.54, 1.807) is 0 Å².